The molecule has 3 aromatic rings. The Kier molecular flexibility index (Phi) is 4.88. The number of methoxy groups -OCH3 is 1. The van der Waals surface area contributed by atoms with Gasteiger partial charge >= 0.3 is 5.97 Å². The second kappa shape index (κ2) is 7.63. The third-order valence-corrected chi connectivity index (χ3v) is 4.75. The van der Waals surface area contributed by atoms with E-state index in [-0.39, 0.29) is 12.5 Å². The largest absolute Gasteiger partial charge is 0.465 e. The van der Waals surface area contributed by atoms with E-state index in [4.69, 9.17) is 4.74 Å². The van der Waals surface area contributed by atoms with Crippen LogP contribution in [0.5, 0.6) is 0 Å². The van der Waals surface area contributed by atoms with Crippen LogP contribution in [0.4, 0.5) is 0 Å². The van der Waals surface area contributed by atoms with E-state index in [0.29, 0.717) is 17.0 Å². The third kappa shape index (κ3) is 3.26. The number of benzene rings is 1. The molecule has 0 saturated carbocycles. The molecular weight excluding hydrogens is 360 g/mol. The van der Waals surface area contributed by atoms with Crippen molar-refractivity contribution < 1.29 is 14.3 Å². The molecule has 9 heteroatoms. The van der Waals surface area contributed by atoms with Gasteiger partial charge in [-0.05, 0) is 31.4 Å². The van der Waals surface area contributed by atoms with Gasteiger partial charge < -0.3 is 10.1 Å². The van der Waals surface area contributed by atoms with Gasteiger partial charge in [-0.3, -0.25) is 9.48 Å². The maximum Gasteiger partial charge on any atom is 0.341 e. The molecule has 9 nitrogen and oxygen atoms in total. The lowest BCUT2D eigenvalue weighted by Crippen LogP contribution is -2.26. The molecule has 3 heterocycles. The number of amides is 1. The van der Waals surface area contributed by atoms with Gasteiger partial charge in [0.1, 0.15) is 5.56 Å². The van der Waals surface area contributed by atoms with Crippen molar-refractivity contribution in [2.75, 3.05) is 7.11 Å². The highest BCUT2D eigenvalue weighted by molar-refractivity contribution is 5.94. The Balaban J connectivity index is 1.56. The quantitative estimate of drug-likeness (QED) is 0.673. The first kappa shape index (κ1) is 17.9. The maximum atomic E-state index is 12.7. The fourth-order valence-electron chi connectivity index (χ4n) is 3.41. The molecule has 0 aliphatic carbocycles. The zero-order valence-corrected chi connectivity index (χ0v) is 15.5. The Labute approximate surface area is 161 Å². The van der Waals surface area contributed by atoms with Gasteiger partial charge in [-0.1, -0.05) is 23.4 Å². The van der Waals surface area contributed by atoms with Crippen LogP contribution in [0.1, 0.15) is 45.1 Å². The molecule has 2 aromatic heterocycles. The number of carbonyl (C=O) groups excluding carboxylic acids is 2. The Bertz CT molecular complexity index is 1010. The summed E-state index contributed by atoms with van der Waals surface area (Å²) in [5.74, 6) is -0.779. The second-order valence-corrected chi connectivity index (χ2v) is 6.49. The summed E-state index contributed by atoms with van der Waals surface area (Å²) in [6.07, 6.45) is 4.20. The number of ether oxygens (including phenoxy) is 1. The van der Waals surface area contributed by atoms with Crippen LogP contribution in [0.15, 0.2) is 36.5 Å². The summed E-state index contributed by atoms with van der Waals surface area (Å²) in [4.78, 5) is 25.0. The highest BCUT2D eigenvalue weighted by Gasteiger charge is 2.26. The van der Waals surface area contributed by atoms with Gasteiger partial charge in [-0.25, -0.2) is 9.48 Å². The molecule has 0 unspecified atom stereocenters. The minimum absolute atomic E-state index is 0.114. The van der Waals surface area contributed by atoms with Crippen molar-refractivity contribution in [1.82, 2.24) is 30.1 Å². The number of rotatable bonds is 5. The van der Waals surface area contributed by atoms with Crippen molar-refractivity contribution in [3.05, 3.63) is 59.2 Å². The van der Waals surface area contributed by atoms with Crippen molar-refractivity contribution >= 4 is 11.9 Å². The SMILES string of the molecule is COC(=O)c1c(CNC(=O)c2cnnn2-c2ccccc2)nn2c1CCCC2. The zero-order chi connectivity index (χ0) is 19.5. The van der Waals surface area contributed by atoms with E-state index >= 15 is 0 Å². The molecule has 0 radical (unpaired) electrons. The van der Waals surface area contributed by atoms with Gasteiger partial charge in [0.2, 0.25) is 0 Å². The summed E-state index contributed by atoms with van der Waals surface area (Å²) in [6.45, 7) is 0.876. The minimum Gasteiger partial charge on any atom is -0.465 e. The van der Waals surface area contributed by atoms with E-state index in [0.717, 1.165) is 37.2 Å². The van der Waals surface area contributed by atoms with Crippen LogP contribution in [0.25, 0.3) is 5.69 Å². The summed E-state index contributed by atoms with van der Waals surface area (Å²) >= 11 is 0. The van der Waals surface area contributed by atoms with Crippen molar-refractivity contribution in [2.24, 2.45) is 0 Å². The van der Waals surface area contributed by atoms with Crippen molar-refractivity contribution in [3.8, 4) is 5.69 Å². The number of hydrogen-bond donors (Lipinski definition) is 1. The lowest BCUT2D eigenvalue weighted by atomic mass is 10.0. The van der Waals surface area contributed by atoms with E-state index in [1.165, 1.54) is 18.0 Å². The third-order valence-electron chi connectivity index (χ3n) is 4.75. The number of aryl methyl sites for hydroxylation is 1. The monoisotopic (exact) mass is 380 g/mol. The molecule has 1 aliphatic rings. The molecule has 0 bridgehead atoms. The van der Waals surface area contributed by atoms with Crippen LogP contribution in [-0.4, -0.2) is 43.8 Å². The molecule has 28 heavy (non-hydrogen) atoms. The normalized spacial score (nSPS) is 13.0. The standard InChI is InChI=1S/C19H20N6O3/c1-28-19(27)17-14(22-24-10-6-5-9-15(17)24)11-20-18(26)16-12-21-23-25(16)13-7-3-2-4-8-13/h2-4,7-8,12H,5-6,9-11H2,1H3,(H,20,26). The summed E-state index contributed by atoms with van der Waals surface area (Å²) in [5.41, 5.74) is 2.87. The predicted molar refractivity (Wildman–Crippen MR) is 99.0 cm³/mol. The van der Waals surface area contributed by atoms with Crippen LogP contribution in [-0.2, 0) is 24.2 Å². The highest BCUT2D eigenvalue weighted by atomic mass is 16.5. The molecule has 0 saturated heterocycles. The van der Waals surface area contributed by atoms with Crippen LogP contribution >= 0.6 is 0 Å². The Hall–Kier alpha value is -3.49. The molecule has 1 aromatic carbocycles. The zero-order valence-electron chi connectivity index (χ0n) is 15.5. The van der Waals surface area contributed by atoms with Crippen LogP contribution < -0.4 is 5.32 Å². The highest BCUT2D eigenvalue weighted by Crippen LogP contribution is 2.22. The van der Waals surface area contributed by atoms with Crippen molar-refractivity contribution in [1.29, 1.82) is 0 Å². The van der Waals surface area contributed by atoms with Gasteiger partial charge in [-0.15, -0.1) is 5.10 Å². The molecule has 0 fully saturated rings. The summed E-state index contributed by atoms with van der Waals surface area (Å²) in [7, 11) is 1.35. The number of fused-ring (bicyclic) bond motifs is 1. The van der Waals surface area contributed by atoms with Crippen LogP contribution in [0.3, 0.4) is 0 Å². The number of nitrogens with one attached hydrogen (secondary N) is 1. The molecule has 1 amide bonds. The van der Waals surface area contributed by atoms with Crippen molar-refractivity contribution in [2.45, 2.75) is 32.4 Å². The first-order chi connectivity index (χ1) is 13.7. The summed E-state index contributed by atoms with van der Waals surface area (Å²) in [5, 5.41) is 15.2. The minimum atomic E-state index is -0.427. The second-order valence-electron chi connectivity index (χ2n) is 6.49. The molecule has 0 atom stereocenters. The fourth-order valence-corrected chi connectivity index (χ4v) is 3.41. The van der Waals surface area contributed by atoms with Crippen molar-refractivity contribution in [3.63, 3.8) is 0 Å². The Morgan fingerprint density at radius 3 is 2.82 bits per heavy atom. The molecule has 144 valence electrons. The first-order valence-electron chi connectivity index (χ1n) is 9.10. The number of para-hydroxylation sites is 1. The van der Waals surface area contributed by atoms with E-state index < -0.39 is 5.97 Å². The molecule has 0 spiro atoms. The van der Waals surface area contributed by atoms with Crippen LogP contribution in [0.2, 0.25) is 0 Å². The molecule has 1 aliphatic heterocycles. The average molecular weight is 380 g/mol. The van der Waals surface area contributed by atoms with Crippen LogP contribution in [0, 0.1) is 0 Å². The lowest BCUT2D eigenvalue weighted by Gasteiger charge is -2.13. The molecule has 4 rings (SSSR count). The van der Waals surface area contributed by atoms with Gasteiger partial charge in [0.25, 0.3) is 5.91 Å². The number of aromatic nitrogens is 5. The number of hydrogen-bond acceptors (Lipinski definition) is 6. The lowest BCUT2D eigenvalue weighted by molar-refractivity contribution is 0.0597. The first-order valence-corrected chi connectivity index (χ1v) is 9.10. The fraction of sp³-hybridized carbons (Fsp3) is 0.316. The van der Waals surface area contributed by atoms with Gasteiger partial charge in [0, 0.05) is 6.54 Å². The average Bonchev–Trinajstić information content (AvgIpc) is 3.37. The Morgan fingerprint density at radius 1 is 1.21 bits per heavy atom. The van der Waals surface area contributed by atoms with Gasteiger partial charge in [-0.2, -0.15) is 5.10 Å². The van der Waals surface area contributed by atoms with E-state index in [2.05, 4.69) is 20.7 Å². The van der Waals surface area contributed by atoms with Gasteiger partial charge in [0.15, 0.2) is 5.69 Å². The van der Waals surface area contributed by atoms with E-state index in [9.17, 15) is 9.59 Å². The van der Waals surface area contributed by atoms with Gasteiger partial charge in [0.05, 0.1) is 36.9 Å². The maximum absolute atomic E-state index is 12.7. The molecule has 1 N–H and O–H groups in total. The number of nitrogens with zero attached hydrogens (tertiary/aromatic N) is 5. The smallest absolute Gasteiger partial charge is 0.341 e. The van der Waals surface area contributed by atoms with E-state index in [1.807, 2.05) is 35.0 Å². The number of esters is 1. The predicted octanol–water partition coefficient (Wildman–Crippen LogP) is 1.52. The van der Waals surface area contributed by atoms with E-state index in [1.54, 1.807) is 0 Å². The summed E-state index contributed by atoms with van der Waals surface area (Å²) < 4.78 is 8.24. The topological polar surface area (TPSA) is 104 Å². The number of carbonyl (C=O) groups is 2. The summed E-state index contributed by atoms with van der Waals surface area (Å²) in [6, 6.07) is 9.28. The Morgan fingerprint density at radius 2 is 2.04 bits per heavy atom. The molecular formula is C19H20N6O3.